The summed E-state index contributed by atoms with van der Waals surface area (Å²) in [4.78, 5) is 0. The van der Waals surface area contributed by atoms with Gasteiger partial charge in [-0.1, -0.05) is 77.9 Å². The van der Waals surface area contributed by atoms with E-state index < -0.39 is 0 Å². The number of anilines is 1. The molecule has 0 saturated carbocycles. The van der Waals surface area contributed by atoms with E-state index in [4.69, 9.17) is 0 Å². The van der Waals surface area contributed by atoms with Crippen LogP contribution < -0.4 is 5.43 Å². The molecule has 2 heteroatoms. The minimum Gasteiger partial charge on any atom is -0.278 e. The van der Waals surface area contributed by atoms with Crippen molar-refractivity contribution in [3.8, 4) is 0 Å². The molecule has 0 amide bonds. The summed E-state index contributed by atoms with van der Waals surface area (Å²) in [6, 6.07) is 21.6. The Balaban J connectivity index is 1.65. The molecular weight excluding hydrogens is 340 g/mol. The summed E-state index contributed by atoms with van der Waals surface area (Å²) in [6.45, 7) is 8.58. The molecule has 1 N–H and O–H groups in total. The summed E-state index contributed by atoms with van der Waals surface area (Å²) in [5.41, 5.74) is 14.6. The minimum atomic E-state index is 0.293. The van der Waals surface area contributed by atoms with Gasteiger partial charge in [-0.3, -0.25) is 5.43 Å². The van der Waals surface area contributed by atoms with Crippen LogP contribution in [0.1, 0.15) is 51.8 Å². The van der Waals surface area contributed by atoms with Gasteiger partial charge >= 0.3 is 0 Å². The van der Waals surface area contributed by atoms with Crippen LogP contribution >= 0.6 is 0 Å². The Hall–Kier alpha value is -3.13. The van der Waals surface area contributed by atoms with Crippen molar-refractivity contribution in [2.45, 2.75) is 33.6 Å². The van der Waals surface area contributed by atoms with Gasteiger partial charge < -0.3 is 0 Å². The molecule has 0 aliphatic heterocycles. The molecule has 0 bridgehead atoms. The van der Waals surface area contributed by atoms with Gasteiger partial charge in [0.1, 0.15) is 0 Å². The van der Waals surface area contributed by atoms with Crippen molar-refractivity contribution in [1.82, 2.24) is 0 Å². The second kappa shape index (κ2) is 7.47. The van der Waals surface area contributed by atoms with Gasteiger partial charge in [0.2, 0.25) is 0 Å². The van der Waals surface area contributed by atoms with Crippen molar-refractivity contribution in [2.24, 2.45) is 5.10 Å². The first-order chi connectivity index (χ1) is 13.5. The second-order valence-electron chi connectivity index (χ2n) is 7.72. The van der Waals surface area contributed by atoms with Crippen LogP contribution in [0.5, 0.6) is 0 Å². The van der Waals surface area contributed by atoms with Crippen molar-refractivity contribution >= 4 is 18.0 Å². The summed E-state index contributed by atoms with van der Waals surface area (Å²) >= 11 is 0. The third kappa shape index (κ3) is 3.38. The molecule has 0 fully saturated rings. The average molecular weight is 367 g/mol. The largest absolute Gasteiger partial charge is 0.278 e. The van der Waals surface area contributed by atoms with Crippen molar-refractivity contribution in [3.05, 3.63) is 105 Å². The second-order valence-corrected chi connectivity index (χ2v) is 7.72. The monoisotopic (exact) mass is 366 g/mol. The van der Waals surface area contributed by atoms with Crippen molar-refractivity contribution < 1.29 is 0 Å². The molecule has 1 aliphatic carbocycles. The number of allylic oxidation sites excluding steroid dienone is 1. The third-order valence-electron chi connectivity index (χ3n) is 5.51. The standard InChI is InChI=1S/C26H26N2/c1-17-13-19(3)26(20(4)14-17)28-27-16-22-10-6-8-12-24(22)25-18(2)15-21-9-5-7-11-23(21)25/h5-16,25,28H,1-4H3. The summed E-state index contributed by atoms with van der Waals surface area (Å²) in [7, 11) is 0. The van der Waals surface area contributed by atoms with Crippen LogP contribution in [0.4, 0.5) is 5.69 Å². The number of hydrogen-bond donors (Lipinski definition) is 1. The van der Waals surface area contributed by atoms with Crippen molar-refractivity contribution in [3.63, 3.8) is 0 Å². The first kappa shape index (κ1) is 18.2. The lowest BCUT2D eigenvalue weighted by molar-refractivity contribution is 0.974. The van der Waals surface area contributed by atoms with Crippen LogP contribution in [0.2, 0.25) is 0 Å². The molecule has 0 radical (unpaired) electrons. The Morgan fingerprint density at radius 3 is 2.21 bits per heavy atom. The highest BCUT2D eigenvalue weighted by atomic mass is 15.3. The topological polar surface area (TPSA) is 24.4 Å². The van der Waals surface area contributed by atoms with Gasteiger partial charge in [-0.15, -0.1) is 0 Å². The first-order valence-electron chi connectivity index (χ1n) is 9.77. The zero-order chi connectivity index (χ0) is 19.7. The Morgan fingerprint density at radius 1 is 0.821 bits per heavy atom. The Kier molecular flexibility index (Phi) is 4.87. The average Bonchev–Trinajstić information content (AvgIpc) is 3.00. The van der Waals surface area contributed by atoms with Gasteiger partial charge in [-0.2, -0.15) is 5.10 Å². The summed E-state index contributed by atoms with van der Waals surface area (Å²) in [5.74, 6) is 0.293. The fourth-order valence-corrected chi connectivity index (χ4v) is 4.31. The molecule has 0 heterocycles. The SMILES string of the molecule is CC1=Cc2ccccc2C1c1ccccc1C=NNc1c(C)cc(C)cc1C. The maximum Gasteiger partial charge on any atom is 0.0620 e. The lowest BCUT2D eigenvalue weighted by Gasteiger charge is -2.17. The zero-order valence-electron chi connectivity index (χ0n) is 17.0. The number of nitrogens with zero attached hydrogens (tertiary/aromatic N) is 1. The van der Waals surface area contributed by atoms with Crippen molar-refractivity contribution in [1.29, 1.82) is 0 Å². The third-order valence-corrected chi connectivity index (χ3v) is 5.51. The molecule has 1 aliphatic rings. The quantitative estimate of drug-likeness (QED) is 0.408. The van der Waals surface area contributed by atoms with Gasteiger partial charge in [-0.05, 0) is 61.1 Å². The van der Waals surface area contributed by atoms with Gasteiger partial charge in [-0.25, -0.2) is 0 Å². The van der Waals surface area contributed by atoms with E-state index in [0.29, 0.717) is 5.92 Å². The van der Waals surface area contributed by atoms with Crippen LogP contribution in [-0.4, -0.2) is 6.21 Å². The number of nitrogens with one attached hydrogen (secondary N) is 1. The molecular formula is C26H26N2. The fourth-order valence-electron chi connectivity index (χ4n) is 4.31. The van der Waals surface area contributed by atoms with Crippen LogP contribution in [0.3, 0.4) is 0 Å². The van der Waals surface area contributed by atoms with E-state index in [-0.39, 0.29) is 0 Å². The molecule has 1 atom stereocenters. The molecule has 3 aromatic rings. The molecule has 1 unspecified atom stereocenters. The first-order valence-corrected chi connectivity index (χ1v) is 9.77. The molecule has 0 aromatic heterocycles. The van der Waals surface area contributed by atoms with Gasteiger partial charge in [0, 0.05) is 5.92 Å². The highest BCUT2D eigenvalue weighted by molar-refractivity contribution is 5.84. The summed E-state index contributed by atoms with van der Waals surface area (Å²) in [6.07, 6.45) is 4.24. The maximum atomic E-state index is 4.58. The maximum absolute atomic E-state index is 4.58. The molecule has 0 saturated heterocycles. The Morgan fingerprint density at radius 2 is 1.46 bits per heavy atom. The molecule has 2 nitrogen and oxygen atoms in total. The van der Waals surface area contributed by atoms with Gasteiger partial charge in [0.05, 0.1) is 11.9 Å². The Bertz CT molecular complexity index is 1070. The molecule has 4 rings (SSSR count). The van der Waals surface area contributed by atoms with E-state index in [9.17, 15) is 0 Å². The molecule has 0 spiro atoms. The fraction of sp³-hybridized carbons (Fsp3) is 0.192. The van der Waals surface area contributed by atoms with Crippen LogP contribution in [0.25, 0.3) is 6.08 Å². The van der Waals surface area contributed by atoms with Gasteiger partial charge in [0.15, 0.2) is 0 Å². The number of hydrogen-bond acceptors (Lipinski definition) is 2. The number of rotatable bonds is 4. The predicted octanol–water partition coefficient (Wildman–Crippen LogP) is 6.61. The number of aryl methyl sites for hydroxylation is 3. The predicted molar refractivity (Wildman–Crippen MR) is 120 cm³/mol. The zero-order valence-corrected chi connectivity index (χ0v) is 17.0. The van der Waals surface area contributed by atoms with Crippen LogP contribution in [0.15, 0.2) is 71.3 Å². The highest BCUT2D eigenvalue weighted by Crippen LogP contribution is 2.41. The van der Waals surface area contributed by atoms with E-state index in [1.807, 2.05) is 6.21 Å². The lowest BCUT2D eigenvalue weighted by Crippen LogP contribution is -2.04. The highest BCUT2D eigenvalue weighted by Gasteiger charge is 2.25. The van der Waals surface area contributed by atoms with Crippen LogP contribution in [0, 0.1) is 20.8 Å². The van der Waals surface area contributed by atoms with E-state index in [1.165, 1.54) is 39.0 Å². The van der Waals surface area contributed by atoms with Gasteiger partial charge in [0.25, 0.3) is 0 Å². The minimum absolute atomic E-state index is 0.293. The smallest absolute Gasteiger partial charge is 0.0620 e. The van der Waals surface area contributed by atoms with Crippen molar-refractivity contribution in [2.75, 3.05) is 5.43 Å². The Labute approximate surface area is 167 Å². The summed E-state index contributed by atoms with van der Waals surface area (Å²) in [5, 5.41) is 4.58. The van der Waals surface area contributed by atoms with E-state index >= 15 is 0 Å². The van der Waals surface area contributed by atoms with E-state index in [0.717, 1.165) is 11.3 Å². The number of fused-ring (bicyclic) bond motifs is 1. The van der Waals surface area contributed by atoms with E-state index in [1.54, 1.807) is 0 Å². The molecule has 140 valence electrons. The number of hydrazone groups is 1. The normalized spacial score (nSPS) is 15.6. The molecule has 3 aromatic carbocycles. The summed E-state index contributed by atoms with van der Waals surface area (Å²) < 4.78 is 0. The molecule has 28 heavy (non-hydrogen) atoms. The van der Waals surface area contributed by atoms with E-state index in [2.05, 4.69) is 105 Å². The van der Waals surface area contributed by atoms with Crippen LogP contribution in [-0.2, 0) is 0 Å². The lowest BCUT2D eigenvalue weighted by atomic mass is 9.86. The number of benzene rings is 3.